The lowest BCUT2D eigenvalue weighted by Crippen LogP contribution is -2.55. The molecule has 146 valence electrons. The first kappa shape index (κ1) is 18.4. The van der Waals surface area contributed by atoms with Crippen molar-refractivity contribution in [2.75, 3.05) is 13.7 Å². The third-order valence-electron chi connectivity index (χ3n) is 6.55. The summed E-state index contributed by atoms with van der Waals surface area (Å²) in [5.74, 6) is 1.07. The number of aromatic nitrogens is 1. The van der Waals surface area contributed by atoms with Crippen molar-refractivity contribution in [1.82, 2.24) is 9.88 Å². The third-order valence-corrected chi connectivity index (χ3v) is 6.55. The molecule has 1 amide bonds. The Morgan fingerprint density at radius 2 is 1.96 bits per heavy atom. The minimum absolute atomic E-state index is 0.142. The molecule has 1 aromatic rings. The van der Waals surface area contributed by atoms with E-state index in [1.165, 1.54) is 13.3 Å². The van der Waals surface area contributed by atoms with E-state index in [4.69, 9.17) is 4.74 Å². The van der Waals surface area contributed by atoms with Gasteiger partial charge in [-0.1, -0.05) is 6.92 Å². The number of ether oxygens (including phenoxy) is 1. The SMILES string of the molecule is COC(=O)c1cnc2c(c1)CCN(C(=O)C1(O)CC3CC(C)CC(C3)C1)C2. The van der Waals surface area contributed by atoms with Crippen LogP contribution < -0.4 is 0 Å². The Bertz CT molecular complexity index is 745. The number of amides is 1. The van der Waals surface area contributed by atoms with Crippen LogP contribution in [0.15, 0.2) is 12.3 Å². The average molecular weight is 372 g/mol. The maximum absolute atomic E-state index is 13.2. The normalized spacial score (nSPS) is 32.6. The number of hydrogen-bond donors (Lipinski definition) is 1. The van der Waals surface area contributed by atoms with Gasteiger partial charge < -0.3 is 14.7 Å². The summed E-state index contributed by atoms with van der Waals surface area (Å²) in [6, 6.07) is 1.80. The Morgan fingerprint density at radius 1 is 1.26 bits per heavy atom. The smallest absolute Gasteiger partial charge is 0.339 e. The monoisotopic (exact) mass is 372 g/mol. The van der Waals surface area contributed by atoms with Gasteiger partial charge in [0.05, 0.1) is 24.9 Å². The molecule has 0 aromatic carbocycles. The van der Waals surface area contributed by atoms with E-state index in [0.717, 1.165) is 30.5 Å². The first-order chi connectivity index (χ1) is 12.9. The maximum Gasteiger partial charge on any atom is 0.339 e. The third kappa shape index (κ3) is 3.47. The first-order valence-corrected chi connectivity index (χ1v) is 9.96. The molecule has 2 atom stereocenters. The van der Waals surface area contributed by atoms with Crippen molar-refractivity contribution in [3.63, 3.8) is 0 Å². The summed E-state index contributed by atoms with van der Waals surface area (Å²) in [7, 11) is 1.35. The van der Waals surface area contributed by atoms with E-state index in [1.54, 1.807) is 11.0 Å². The molecule has 0 spiro atoms. The number of aliphatic hydroxyl groups is 1. The second kappa shape index (κ2) is 6.89. The van der Waals surface area contributed by atoms with Crippen LogP contribution in [0.5, 0.6) is 0 Å². The average Bonchev–Trinajstić information content (AvgIpc) is 2.64. The Morgan fingerprint density at radius 3 is 2.63 bits per heavy atom. The number of hydrogen-bond acceptors (Lipinski definition) is 5. The van der Waals surface area contributed by atoms with Gasteiger partial charge in [0, 0.05) is 12.7 Å². The standard InChI is InChI=1S/C21H28N2O4/c1-13-5-14-7-15(6-13)10-21(26,9-14)20(25)23-4-3-16-8-17(19(24)27-2)11-22-18(16)12-23/h8,11,13-15,26H,3-7,9-10,12H2,1-2H3. The molecule has 2 saturated carbocycles. The van der Waals surface area contributed by atoms with Gasteiger partial charge in [-0.05, 0) is 67.9 Å². The predicted octanol–water partition coefficient (Wildman–Crippen LogP) is 2.33. The summed E-state index contributed by atoms with van der Waals surface area (Å²) in [6.45, 7) is 3.22. The second-order valence-corrected chi connectivity index (χ2v) is 8.78. The zero-order valence-electron chi connectivity index (χ0n) is 16.1. The van der Waals surface area contributed by atoms with Crippen LogP contribution in [-0.2, 0) is 22.5 Å². The molecule has 3 aliphatic rings. The maximum atomic E-state index is 13.2. The molecule has 2 heterocycles. The van der Waals surface area contributed by atoms with Crippen molar-refractivity contribution >= 4 is 11.9 Å². The Balaban J connectivity index is 1.49. The Kier molecular flexibility index (Phi) is 4.70. The van der Waals surface area contributed by atoms with E-state index in [0.29, 0.717) is 55.7 Å². The fourth-order valence-electron chi connectivity index (χ4n) is 5.55. The molecule has 27 heavy (non-hydrogen) atoms. The largest absolute Gasteiger partial charge is 0.465 e. The van der Waals surface area contributed by atoms with E-state index in [9.17, 15) is 14.7 Å². The number of rotatable bonds is 2. The van der Waals surface area contributed by atoms with Crippen molar-refractivity contribution in [3.8, 4) is 0 Å². The van der Waals surface area contributed by atoms with Gasteiger partial charge >= 0.3 is 5.97 Å². The first-order valence-electron chi connectivity index (χ1n) is 9.96. The van der Waals surface area contributed by atoms with Gasteiger partial charge in [0.1, 0.15) is 5.60 Å². The lowest BCUT2D eigenvalue weighted by Gasteiger charge is -2.47. The number of carbonyl (C=O) groups excluding carboxylic acids is 2. The minimum Gasteiger partial charge on any atom is -0.465 e. The van der Waals surface area contributed by atoms with Gasteiger partial charge in [-0.25, -0.2) is 4.79 Å². The quantitative estimate of drug-likeness (QED) is 0.806. The fraction of sp³-hybridized carbons (Fsp3) is 0.667. The van der Waals surface area contributed by atoms with Gasteiger partial charge in [-0.3, -0.25) is 9.78 Å². The minimum atomic E-state index is -1.23. The molecular weight excluding hydrogens is 344 g/mol. The zero-order valence-corrected chi connectivity index (χ0v) is 16.1. The second-order valence-electron chi connectivity index (χ2n) is 8.78. The van der Waals surface area contributed by atoms with Crippen molar-refractivity contribution in [3.05, 3.63) is 29.1 Å². The topological polar surface area (TPSA) is 79.7 Å². The van der Waals surface area contributed by atoms with Gasteiger partial charge in [0.2, 0.25) is 0 Å². The summed E-state index contributed by atoms with van der Waals surface area (Å²) in [5, 5.41) is 11.2. The van der Waals surface area contributed by atoms with Crippen LogP contribution in [0, 0.1) is 17.8 Å². The fourth-order valence-corrected chi connectivity index (χ4v) is 5.55. The van der Waals surface area contributed by atoms with Crippen molar-refractivity contribution in [2.45, 2.75) is 57.6 Å². The molecule has 4 rings (SSSR count). The summed E-state index contributed by atoms with van der Waals surface area (Å²) in [4.78, 5) is 31.0. The summed E-state index contributed by atoms with van der Waals surface area (Å²) >= 11 is 0. The zero-order chi connectivity index (χ0) is 19.2. The van der Waals surface area contributed by atoms with Crippen LogP contribution in [0.1, 0.15) is 60.6 Å². The lowest BCUT2D eigenvalue weighted by molar-refractivity contribution is -0.162. The molecule has 1 aliphatic heterocycles. The van der Waals surface area contributed by atoms with E-state index in [-0.39, 0.29) is 5.91 Å². The molecule has 1 aromatic heterocycles. The van der Waals surface area contributed by atoms with E-state index < -0.39 is 11.6 Å². The molecule has 6 nitrogen and oxygen atoms in total. The van der Waals surface area contributed by atoms with Crippen molar-refractivity contribution < 1.29 is 19.4 Å². The van der Waals surface area contributed by atoms with Gasteiger partial charge in [-0.15, -0.1) is 0 Å². The van der Waals surface area contributed by atoms with Crippen molar-refractivity contribution in [2.24, 2.45) is 17.8 Å². The molecule has 6 heteroatoms. The van der Waals surface area contributed by atoms with Gasteiger partial charge in [-0.2, -0.15) is 0 Å². The highest BCUT2D eigenvalue weighted by Crippen LogP contribution is 2.47. The van der Waals surface area contributed by atoms with Crippen LogP contribution >= 0.6 is 0 Å². The van der Waals surface area contributed by atoms with Gasteiger partial charge in [0.25, 0.3) is 5.91 Å². The number of carbonyl (C=O) groups is 2. The number of nitrogens with zero attached hydrogens (tertiary/aromatic N) is 2. The molecule has 2 aliphatic carbocycles. The molecule has 2 bridgehead atoms. The summed E-state index contributed by atoms with van der Waals surface area (Å²) in [6.07, 6.45) is 6.70. The van der Waals surface area contributed by atoms with Crippen LogP contribution in [0.4, 0.5) is 0 Å². The lowest BCUT2D eigenvalue weighted by atomic mass is 9.63. The summed E-state index contributed by atoms with van der Waals surface area (Å²) in [5.41, 5.74) is 0.986. The highest BCUT2D eigenvalue weighted by Gasteiger charge is 2.48. The van der Waals surface area contributed by atoms with Crippen LogP contribution in [0.2, 0.25) is 0 Å². The Hall–Kier alpha value is -1.95. The molecule has 2 unspecified atom stereocenters. The van der Waals surface area contributed by atoms with Crippen LogP contribution in [0.3, 0.4) is 0 Å². The molecule has 1 N–H and O–H groups in total. The number of methoxy groups -OCH3 is 1. The molecule has 0 saturated heterocycles. The molecular formula is C21H28N2O4. The van der Waals surface area contributed by atoms with E-state index >= 15 is 0 Å². The molecule has 0 radical (unpaired) electrons. The van der Waals surface area contributed by atoms with E-state index in [1.807, 2.05) is 0 Å². The Labute approximate surface area is 159 Å². The van der Waals surface area contributed by atoms with Crippen molar-refractivity contribution in [1.29, 1.82) is 0 Å². The van der Waals surface area contributed by atoms with E-state index in [2.05, 4.69) is 11.9 Å². The predicted molar refractivity (Wildman–Crippen MR) is 98.9 cm³/mol. The highest BCUT2D eigenvalue weighted by atomic mass is 16.5. The highest BCUT2D eigenvalue weighted by molar-refractivity contribution is 5.89. The summed E-state index contributed by atoms with van der Waals surface area (Å²) < 4.78 is 4.75. The van der Waals surface area contributed by atoms with Crippen LogP contribution in [-0.4, -0.2) is 46.1 Å². The number of fused-ring (bicyclic) bond motifs is 3. The number of pyridine rings is 1. The number of esters is 1. The van der Waals surface area contributed by atoms with Crippen LogP contribution in [0.25, 0.3) is 0 Å². The molecule has 2 fully saturated rings. The van der Waals surface area contributed by atoms with Gasteiger partial charge in [0.15, 0.2) is 0 Å².